The van der Waals surface area contributed by atoms with Crippen molar-refractivity contribution in [1.82, 2.24) is 14.9 Å². The molecule has 6 heteroatoms. The minimum absolute atomic E-state index is 0.287. The van der Waals surface area contributed by atoms with Crippen LogP contribution < -0.4 is 5.32 Å². The maximum Gasteiger partial charge on any atom is 0.410 e. The second-order valence-corrected chi connectivity index (χ2v) is 9.46. The Balaban J connectivity index is 1.43. The number of benzene rings is 2. The van der Waals surface area contributed by atoms with E-state index in [0.717, 1.165) is 34.4 Å². The minimum Gasteiger partial charge on any atom is -0.444 e. The number of aromatic nitrogens is 2. The molecule has 6 nitrogen and oxygen atoms in total. The van der Waals surface area contributed by atoms with Crippen LogP contribution in [0.3, 0.4) is 0 Å². The third-order valence-corrected chi connectivity index (χ3v) is 5.80. The van der Waals surface area contributed by atoms with Crippen LogP contribution in [0.15, 0.2) is 54.6 Å². The number of amides is 1. The molecule has 0 saturated carbocycles. The van der Waals surface area contributed by atoms with Gasteiger partial charge in [0.2, 0.25) is 0 Å². The third-order valence-electron chi connectivity index (χ3n) is 5.80. The Kier molecular flexibility index (Phi) is 5.36. The van der Waals surface area contributed by atoms with Crippen molar-refractivity contribution in [1.29, 1.82) is 0 Å². The lowest BCUT2D eigenvalue weighted by atomic mass is 10.1. The molecular formula is C27H28N4O2. The second-order valence-electron chi connectivity index (χ2n) is 9.46. The van der Waals surface area contributed by atoms with Crippen molar-refractivity contribution >= 4 is 40.2 Å². The van der Waals surface area contributed by atoms with Crippen molar-refractivity contribution < 1.29 is 9.53 Å². The van der Waals surface area contributed by atoms with E-state index < -0.39 is 5.60 Å². The Bertz CT molecular complexity index is 1290. The van der Waals surface area contributed by atoms with Gasteiger partial charge in [0.25, 0.3) is 0 Å². The molecule has 1 N–H and O–H groups in total. The quantitative estimate of drug-likeness (QED) is 0.544. The normalized spacial score (nSPS) is 15.4. The molecule has 2 aromatic carbocycles. The summed E-state index contributed by atoms with van der Waals surface area (Å²) in [7, 11) is 0. The molecule has 3 aromatic rings. The zero-order valence-electron chi connectivity index (χ0n) is 19.3. The average Bonchev–Trinajstić information content (AvgIpc) is 3.26. The maximum atomic E-state index is 12.4. The molecule has 2 heterocycles. The smallest absolute Gasteiger partial charge is 0.410 e. The first-order valence-corrected chi connectivity index (χ1v) is 11.4. The first kappa shape index (κ1) is 21.2. The van der Waals surface area contributed by atoms with Crippen LogP contribution in [0.5, 0.6) is 0 Å². The summed E-state index contributed by atoms with van der Waals surface area (Å²) in [4.78, 5) is 23.8. The fourth-order valence-electron chi connectivity index (χ4n) is 4.14. The topological polar surface area (TPSA) is 67.3 Å². The molecule has 0 spiro atoms. The van der Waals surface area contributed by atoms with Crippen LogP contribution in [0.25, 0.3) is 22.6 Å². The fourth-order valence-corrected chi connectivity index (χ4v) is 4.14. The van der Waals surface area contributed by atoms with E-state index in [1.807, 2.05) is 51.1 Å². The number of nitrogens with one attached hydrogen (secondary N) is 1. The van der Waals surface area contributed by atoms with Crippen molar-refractivity contribution in [2.24, 2.45) is 0 Å². The van der Waals surface area contributed by atoms with Crippen LogP contribution in [-0.4, -0.2) is 39.7 Å². The number of rotatable bonds is 3. The highest BCUT2D eigenvalue weighted by atomic mass is 16.6. The summed E-state index contributed by atoms with van der Waals surface area (Å²) >= 11 is 0. The summed E-state index contributed by atoms with van der Waals surface area (Å²) in [6.07, 6.45) is 7.76. The van der Waals surface area contributed by atoms with E-state index in [2.05, 4.69) is 35.7 Å². The second kappa shape index (κ2) is 8.35. The van der Waals surface area contributed by atoms with Gasteiger partial charge in [-0.25, -0.2) is 14.8 Å². The van der Waals surface area contributed by atoms with Crippen LogP contribution in [0.1, 0.15) is 44.1 Å². The number of carbonyl (C=O) groups is 1. The molecule has 1 aliphatic heterocycles. The predicted octanol–water partition coefficient (Wildman–Crippen LogP) is 5.97. The van der Waals surface area contributed by atoms with Gasteiger partial charge >= 0.3 is 6.09 Å². The van der Waals surface area contributed by atoms with Gasteiger partial charge in [-0.05, 0) is 74.6 Å². The van der Waals surface area contributed by atoms with E-state index in [1.54, 1.807) is 4.90 Å². The Morgan fingerprint density at radius 1 is 1.12 bits per heavy atom. The largest absolute Gasteiger partial charge is 0.444 e. The minimum atomic E-state index is -0.504. The summed E-state index contributed by atoms with van der Waals surface area (Å²) in [5.74, 6) is 1.48. The number of hydrogen-bond acceptors (Lipinski definition) is 5. The number of anilines is 2. The van der Waals surface area contributed by atoms with Crippen molar-refractivity contribution in [3.8, 4) is 0 Å². The van der Waals surface area contributed by atoms with Crippen molar-refractivity contribution in [2.45, 2.75) is 39.2 Å². The number of fused-ring (bicyclic) bond motifs is 2. The molecule has 5 rings (SSSR count). The molecule has 2 aliphatic rings. The van der Waals surface area contributed by atoms with E-state index in [1.165, 1.54) is 11.1 Å². The van der Waals surface area contributed by atoms with Gasteiger partial charge in [0.15, 0.2) is 5.82 Å². The van der Waals surface area contributed by atoms with Gasteiger partial charge in [-0.2, -0.15) is 0 Å². The van der Waals surface area contributed by atoms with Crippen LogP contribution in [-0.2, 0) is 11.2 Å². The first-order chi connectivity index (χ1) is 15.9. The number of carbonyl (C=O) groups excluding carboxylic acids is 1. The molecule has 1 aliphatic carbocycles. The highest BCUT2D eigenvalue weighted by molar-refractivity contribution is 5.92. The first-order valence-electron chi connectivity index (χ1n) is 11.4. The van der Waals surface area contributed by atoms with E-state index in [-0.39, 0.29) is 6.09 Å². The maximum absolute atomic E-state index is 12.4. The van der Waals surface area contributed by atoms with E-state index in [0.29, 0.717) is 25.3 Å². The monoisotopic (exact) mass is 440 g/mol. The number of allylic oxidation sites excluding steroid dienone is 1. The molecule has 0 saturated heterocycles. The van der Waals surface area contributed by atoms with Gasteiger partial charge in [0, 0.05) is 24.2 Å². The van der Waals surface area contributed by atoms with Gasteiger partial charge in [-0.1, -0.05) is 36.4 Å². The lowest BCUT2D eigenvalue weighted by Gasteiger charge is -2.29. The third kappa shape index (κ3) is 4.60. The molecule has 0 bridgehead atoms. The Morgan fingerprint density at radius 2 is 1.97 bits per heavy atom. The van der Waals surface area contributed by atoms with E-state index in [4.69, 9.17) is 14.7 Å². The molecule has 0 unspecified atom stereocenters. The van der Waals surface area contributed by atoms with Crippen molar-refractivity contribution in [2.75, 3.05) is 18.4 Å². The van der Waals surface area contributed by atoms with Crippen LogP contribution in [0, 0.1) is 0 Å². The lowest BCUT2D eigenvalue weighted by Crippen LogP contribution is -2.39. The molecule has 1 aromatic heterocycles. The molecule has 168 valence electrons. The summed E-state index contributed by atoms with van der Waals surface area (Å²) in [5, 5.41) is 4.49. The molecule has 0 atom stereocenters. The summed E-state index contributed by atoms with van der Waals surface area (Å²) in [6.45, 7) is 6.71. The van der Waals surface area contributed by atoms with Crippen molar-refractivity contribution in [3.63, 3.8) is 0 Å². The number of para-hydroxylation sites is 1. The van der Waals surface area contributed by atoms with Crippen molar-refractivity contribution in [3.05, 3.63) is 71.6 Å². The average molecular weight is 441 g/mol. The van der Waals surface area contributed by atoms with Gasteiger partial charge < -0.3 is 15.0 Å². The highest BCUT2D eigenvalue weighted by Gasteiger charge is 2.25. The summed E-state index contributed by atoms with van der Waals surface area (Å²) in [5.41, 5.74) is 5.02. The highest BCUT2D eigenvalue weighted by Crippen LogP contribution is 2.30. The molecular weight excluding hydrogens is 412 g/mol. The number of ether oxygens (including phenoxy) is 1. The zero-order valence-corrected chi connectivity index (χ0v) is 19.3. The van der Waals surface area contributed by atoms with Gasteiger partial charge in [-0.3, -0.25) is 0 Å². The Morgan fingerprint density at radius 3 is 2.76 bits per heavy atom. The molecule has 1 amide bonds. The molecule has 0 fully saturated rings. The standard InChI is InChI=1S/C27H28N4O2/c1-27(2,3)33-26(32)31-15-13-19(14-16-31)24-29-23-10-5-4-9-22(23)25(30-24)28-21-12-11-18-7-6-8-20(18)17-21/h4-6,8-13,17H,7,14-16H2,1-3H3,(H,28,29,30). The molecule has 0 radical (unpaired) electrons. The van der Waals surface area contributed by atoms with Crippen LogP contribution in [0.4, 0.5) is 16.3 Å². The van der Waals surface area contributed by atoms with E-state index >= 15 is 0 Å². The Labute approximate surface area is 194 Å². The SMILES string of the molecule is CC(C)(C)OC(=O)N1CC=C(c2nc(Nc3ccc4c(c3)C=CC4)c3ccccc3n2)CC1. The van der Waals surface area contributed by atoms with Gasteiger partial charge in [-0.15, -0.1) is 0 Å². The number of nitrogens with zero attached hydrogens (tertiary/aromatic N) is 3. The fraction of sp³-hybridized carbons (Fsp3) is 0.296. The summed E-state index contributed by atoms with van der Waals surface area (Å²) < 4.78 is 5.50. The summed E-state index contributed by atoms with van der Waals surface area (Å²) in [6, 6.07) is 14.5. The Hall–Kier alpha value is -3.67. The van der Waals surface area contributed by atoms with Gasteiger partial charge in [0.05, 0.1) is 5.52 Å². The van der Waals surface area contributed by atoms with Gasteiger partial charge in [0.1, 0.15) is 11.4 Å². The zero-order chi connectivity index (χ0) is 23.0. The van der Waals surface area contributed by atoms with Crippen LogP contribution in [0.2, 0.25) is 0 Å². The predicted molar refractivity (Wildman–Crippen MR) is 132 cm³/mol. The van der Waals surface area contributed by atoms with Crippen LogP contribution >= 0.6 is 0 Å². The molecule has 33 heavy (non-hydrogen) atoms. The number of hydrogen-bond donors (Lipinski definition) is 1. The van der Waals surface area contributed by atoms with E-state index in [9.17, 15) is 4.79 Å². The lowest BCUT2D eigenvalue weighted by molar-refractivity contribution is 0.0270.